The highest BCUT2D eigenvalue weighted by Crippen LogP contribution is 2.31. The van der Waals surface area contributed by atoms with Gasteiger partial charge in [0.1, 0.15) is 5.75 Å². The molecule has 6 nitrogen and oxygen atoms in total. The van der Waals surface area contributed by atoms with E-state index in [-0.39, 0.29) is 11.9 Å². The Labute approximate surface area is 168 Å². The van der Waals surface area contributed by atoms with Crippen LogP contribution >= 0.6 is 23.4 Å². The van der Waals surface area contributed by atoms with Crippen molar-refractivity contribution in [3.8, 4) is 17.1 Å². The molecule has 1 saturated carbocycles. The Morgan fingerprint density at radius 3 is 3.00 bits per heavy atom. The molecule has 0 radical (unpaired) electrons. The molecule has 3 rings (SSSR count). The Bertz CT molecular complexity index is 798. The van der Waals surface area contributed by atoms with Crippen LogP contribution in [0.15, 0.2) is 23.4 Å². The molecule has 1 fully saturated rings. The zero-order valence-corrected chi connectivity index (χ0v) is 17.4. The summed E-state index contributed by atoms with van der Waals surface area (Å²) in [5, 5.41) is 11.4. The summed E-state index contributed by atoms with van der Waals surface area (Å²) in [5.41, 5.74) is 0.735. The Morgan fingerprint density at radius 2 is 2.22 bits per heavy atom. The predicted octanol–water partition coefficient (Wildman–Crippen LogP) is 4.17. The smallest absolute Gasteiger partial charge is 0.230 e. The van der Waals surface area contributed by atoms with Gasteiger partial charge in [0.25, 0.3) is 0 Å². The van der Waals surface area contributed by atoms with Gasteiger partial charge in [-0.05, 0) is 36.5 Å². The normalized spacial score (nSPS) is 22.4. The van der Waals surface area contributed by atoms with E-state index in [1.54, 1.807) is 25.3 Å². The fourth-order valence-electron chi connectivity index (χ4n) is 3.46. The zero-order chi connectivity index (χ0) is 19.4. The quantitative estimate of drug-likeness (QED) is 0.701. The largest absolute Gasteiger partial charge is 0.496 e. The Balaban J connectivity index is 1.58. The molecule has 2 N–H and O–H groups in total. The van der Waals surface area contributed by atoms with Crippen molar-refractivity contribution in [2.45, 2.75) is 44.3 Å². The third-order valence-corrected chi connectivity index (χ3v) is 6.35. The summed E-state index contributed by atoms with van der Waals surface area (Å²) in [6, 6.07) is 5.58. The number of ether oxygens (including phenoxy) is 1. The van der Waals surface area contributed by atoms with Gasteiger partial charge in [-0.25, -0.2) is 4.98 Å². The topological polar surface area (TPSA) is 79.9 Å². The first-order chi connectivity index (χ1) is 13.0. The van der Waals surface area contributed by atoms with Crippen LogP contribution in [0.2, 0.25) is 5.02 Å². The van der Waals surface area contributed by atoms with Gasteiger partial charge in [-0.15, -0.1) is 5.10 Å². The number of hydrogen-bond donors (Lipinski definition) is 2. The van der Waals surface area contributed by atoms with Gasteiger partial charge in [-0.2, -0.15) is 0 Å². The highest BCUT2D eigenvalue weighted by Gasteiger charge is 2.28. The molecule has 1 aliphatic carbocycles. The first-order valence-electron chi connectivity index (χ1n) is 9.16. The molecular weight excluding hydrogens is 384 g/mol. The van der Waals surface area contributed by atoms with Gasteiger partial charge in [0.05, 0.1) is 18.4 Å². The standard InChI is InChI=1S/C19H25ClN4O2S/c1-11-5-4-6-15(12(11)2)21-17(25)10-27-19-22-18(23-24-19)14-9-13(20)7-8-16(14)26-3/h7-9,11-12,15H,4-6,10H2,1-3H3,(H,21,25)(H,22,23,24)/t11-,12+,15+/m1/s1. The molecular formula is C19H25ClN4O2S. The number of aromatic amines is 1. The highest BCUT2D eigenvalue weighted by molar-refractivity contribution is 7.99. The molecule has 0 unspecified atom stereocenters. The summed E-state index contributed by atoms with van der Waals surface area (Å²) in [6.07, 6.45) is 3.48. The molecule has 1 aromatic carbocycles. The lowest BCUT2D eigenvalue weighted by atomic mass is 9.78. The van der Waals surface area contributed by atoms with Gasteiger partial charge in [-0.1, -0.05) is 50.1 Å². The van der Waals surface area contributed by atoms with E-state index in [0.29, 0.717) is 39.3 Å². The van der Waals surface area contributed by atoms with Gasteiger partial charge < -0.3 is 10.1 Å². The number of thioether (sulfide) groups is 1. The molecule has 146 valence electrons. The summed E-state index contributed by atoms with van der Waals surface area (Å²) in [5.74, 6) is 2.70. The van der Waals surface area contributed by atoms with E-state index in [1.165, 1.54) is 24.6 Å². The van der Waals surface area contributed by atoms with Gasteiger partial charge in [0.15, 0.2) is 5.82 Å². The minimum absolute atomic E-state index is 0.0256. The van der Waals surface area contributed by atoms with Gasteiger partial charge >= 0.3 is 0 Å². The number of H-pyrrole nitrogens is 1. The zero-order valence-electron chi connectivity index (χ0n) is 15.8. The van der Waals surface area contributed by atoms with Crippen LogP contribution in [0, 0.1) is 11.8 Å². The molecule has 27 heavy (non-hydrogen) atoms. The van der Waals surface area contributed by atoms with Crippen molar-refractivity contribution in [3.05, 3.63) is 23.2 Å². The third-order valence-electron chi connectivity index (χ3n) is 5.27. The van der Waals surface area contributed by atoms with Crippen molar-refractivity contribution in [1.29, 1.82) is 0 Å². The van der Waals surface area contributed by atoms with Crippen LogP contribution in [0.25, 0.3) is 11.4 Å². The van der Waals surface area contributed by atoms with Crippen molar-refractivity contribution >= 4 is 29.3 Å². The van der Waals surface area contributed by atoms with E-state index in [9.17, 15) is 4.79 Å². The number of methoxy groups -OCH3 is 1. The number of nitrogens with one attached hydrogen (secondary N) is 2. The number of aromatic nitrogens is 3. The maximum Gasteiger partial charge on any atom is 0.230 e. The molecule has 0 aliphatic heterocycles. The number of nitrogens with zero attached hydrogens (tertiary/aromatic N) is 2. The SMILES string of the molecule is COc1ccc(Cl)cc1-c1nc(SCC(=O)N[C@H]2CCC[C@@H](C)[C@@H]2C)n[nH]1. The monoisotopic (exact) mass is 408 g/mol. The fraction of sp³-hybridized carbons (Fsp3) is 0.526. The lowest BCUT2D eigenvalue weighted by Crippen LogP contribution is -2.44. The number of carbonyl (C=O) groups is 1. The third kappa shape index (κ3) is 4.96. The molecule has 2 aromatic rings. The van der Waals surface area contributed by atoms with E-state index in [0.717, 1.165) is 12.0 Å². The first-order valence-corrected chi connectivity index (χ1v) is 10.5. The molecule has 0 saturated heterocycles. The Morgan fingerprint density at radius 1 is 1.41 bits per heavy atom. The lowest BCUT2D eigenvalue weighted by molar-refractivity contribution is -0.120. The maximum absolute atomic E-state index is 12.3. The number of carbonyl (C=O) groups excluding carboxylic acids is 1. The average molecular weight is 409 g/mol. The lowest BCUT2D eigenvalue weighted by Gasteiger charge is -2.34. The predicted molar refractivity (Wildman–Crippen MR) is 108 cm³/mol. The van der Waals surface area contributed by atoms with E-state index >= 15 is 0 Å². The van der Waals surface area contributed by atoms with Crippen molar-refractivity contribution in [1.82, 2.24) is 20.5 Å². The van der Waals surface area contributed by atoms with E-state index in [2.05, 4.69) is 34.3 Å². The molecule has 0 bridgehead atoms. The van der Waals surface area contributed by atoms with E-state index in [1.807, 2.05) is 0 Å². The van der Waals surface area contributed by atoms with E-state index < -0.39 is 0 Å². The second-order valence-electron chi connectivity index (χ2n) is 7.04. The molecule has 1 aliphatic rings. The van der Waals surface area contributed by atoms with Gasteiger partial charge in [0.2, 0.25) is 11.1 Å². The second-order valence-corrected chi connectivity index (χ2v) is 8.42. The summed E-state index contributed by atoms with van der Waals surface area (Å²) >= 11 is 7.38. The summed E-state index contributed by atoms with van der Waals surface area (Å²) in [7, 11) is 1.59. The average Bonchev–Trinajstić information content (AvgIpc) is 3.13. The molecule has 0 spiro atoms. The molecule has 1 amide bonds. The second kappa shape index (κ2) is 8.97. The molecule has 1 heterocycles. The molecule has 1 aromatic heterocycles. The summed E-state index contributed by atoms with van der Waals surface area (Å²) in [4.78, 5) is 16.8. The van der Waals surface area contributed by atoms with Crippen LogP contribution in [-0.4, -0.2) is 40.0 Å². The Kier molecular flexibility index (Phi) is 6.65. The Hall–Kier alpha value is -1.73. The minimum atomic E-state index is 0.0256. The van der Waals surface area contributed by atoms with Crippen LogP contribution in [0.5, 0.6) is 5.75 Å². The minimum Gasteiger partial charge on any atom is -0.496 e. The summed E-state index contributed by atoms with van der Waals surface area (Å²) < 4.78 is 5.35. The molecule has 8 heteroatoms. The van der Waals surface area contributed by atoms with Crippen LogP contribution in [0.1, 0.15) is 33.1 Å². The molecule has 3 atom stereocenters. The van der Waals surface area contributed by atoms with Crippen LogP contribution in [0.4, 0.5) is 0 Å². The van der Waals surface area contributed by atoms with Crippen molar-refractivity contribution in [2.24, 2.45) is 11.8 Å². The maximum atomic E-state index is 12.3. The number of hydrogen-bond acceptors (Lipinski definition) is 5. The number of benzene rings is 1. The van der Waals surface area contributed by atoms with Crippen LogP contribution in [0.3, 0.4) is 0 Å². The van der Waals surface area contributed by atoms with Crippen molar-refractivity contribution in [2.75, 3.05) is 12.9 Å². The number of amides is 1. The van der Waals surface area contributed by atoms with Crippen LogP contribution < -0.4 is 10.1 Å². The number of rotatable bonds is 6. The van der Waals surface area contributed by atoms with Gasteiger partial charge in [0, 0.05) is 11.1 Å². The first kappa shape index (κ1) is 20.0. The van der Waals surface area contributed by atoms with Crippen molar-refractivity contribution in [3.63, 3.8) is 0 Å². The van der Waals surface area contributed by atoms with Gasteiger partial charge in [-0.3, -0.25) is 9.89 Å². The highest BCUT2D eigenvalue weighted by atomic mass is 35.5. The van der Waals surface area contributed by atoms with Crippen molar-refractivity contribution < 1.29 is 9.53 Å². The van der Waals surface area contributed by atoms with E-state index in [4.69, 9.17) is 16.3 Å². The summed E-state index contributed by atoms with van der Waals surface area (Å²) in [6.45, 7) is 4.48. The fourth-order valence-corrected chi connectivity index (χ4v) is 4.24. The van der Waals surface area contributed by atoms with Crippen LogP contribution in [-0.2, 0) is 4.79 Å². The number of halogens is 1.